The van der Waals surface area contributed by atoms with E-state index in [4.69, 9.17) is 10.5 Å². The summed E-state index contributed by atoms with van der Waals surface area (Å²) in [6.45, 7) is 3.40. The third kappa shape index (κ3) is 4.78. The highest BCUT2D eigenvalue weighted by molar-refractivity contribution is 7.92. The van der Waals surface area contributed by atoms with Crippen molar-refractivity contribution in [3.8, 4) is 5.75 Å². The van der Waals surface area contributed by atoms with Gasteiger partial charge in [0.05, 0.1) is 18.0 Å². The highest BCUT2D eigenvalue weighted by Crippen LogP contribution is 2.21. The summed E-state index contributed by atoms with van der Waals surface area (Å²) in [5.41, 5.74) is 5.43. The molecule has 0 unspecified atom stereocenters. The molecule has 106 valence electrons. The molecule has 0 atom stereocenters. The number of primary amides is 1. The number of ether oxygens (including phenoxy) is 1. The number of benzene rings is 1. The lowest BCUT2D eigenvalue weighted by molar-refractivity contribution is -0.116. The van der Waals surface area contributed by atoms with Gasteiger partial charge in [-0.1, -0.05) is 0 Å². The predicted molar refractivity (Wildman–Crippen MR) is 73.6 cm³/mol. The Morgan fingerprint density at radius 3 is 2.21 bits per heavy atom. The smallest absolute Gasteiger partial charge is 0.238 e. The Morgan fingerprint density at radius 1 is 1.32 bits per heavy atom. The van der Waals surface area contributed by atoms with Crippen molar-refractivity contribution in [2.24, 2.45) is 5.73 Å². The SMILES string of the molecule is CC(C)Oc1ccc(N(CC(N)=O)S(C)(=O)=O)cc1. The summed E-state index contributed by atoms with van der Waals surface area (Å²) in [7, 11) is -3.56. The molecule has 7 heteroatoms. The lowest BCUT2D eigenvalue weighted by atomic mass is 10.3. The Hall–Kier alpha value is -1.76. The van der Waals surface area contributed by atoms with Gasteiger partial charge in [-0.2, -0.15) is 0 Å². The number of nitrogens with two attached hydrogens (primary N) is 1. The quantitative estimate of drug-likeness (QED) is 0.834. The van der Waals surface area contributed by atoms with Crippen molar-refractivity contribution >= 4 is 21.6 Å². The second kappa shape index (κ2) is 5.92. The van der Waals surface area contributed by atoms with Gasteiger partial charge in [0, 0.05) is 0 Å². The topological polar surface area (TPSA) is 89.7 Å². The van der Waals surface area contributed by atoms with Gasteiger partial charge in [-0.05, 0) is 38.1 Å². The molecule has 0 radical (unpaired) electrons. The predicted octanol–water partition coefficient (Wildman–Crippen LogP) is 0.725. The van der Waals surface area contributed by atoms with Crippen molar-refractivity contribution in [3.05, 3.63) is 24.3 Å². The van der Waals surface area contributed by atoms with Crippen LogP contribution in [0.1, 0.15) is 13.8 Å². The van der Waals surface area contributed by atoms with Crippen LogP contribution in [-0.4, -0.2) is 33.2 Å². The summed E-state index contributed by atoms with van der Waals surface area (Å²) in [5.74, 6) is -0.0841. The van der Waals surface area contributed by atoms with Gasteiger partial charge in [0.15, 0.2) is 0 Å². The lowest BCUT2D eigenvalue weighted by Gasteiger charge is -2.21. The minimum Gasteiger partial charge on any atom is -0.491 e. The maximum Gasteiger partial charge on any atom is 0.238 e. The highest BCUT2D eigenvalue weighted by atomic mass is 32.2. The average molecular weight is 286 g/mol. The van der Waals surface area contributed by atoms with Crippen LogP contribution in [0.3, 0.4) is 0 Å². The number of amides is 1. The molecule has 0 aliphatic carbocycles. The first-order valence-electron chi connectivity index (χ1n) is 5.73. The zero-order valence-corrected chi connectivity index (χ0v) is 12.0. The second-order valence-corrected chi connectivity index (χ2v) is 6.30. The largest absolute Gasteiger partial charge is 0.491 e. The summed E-state index contributed by atoms with van der Waals surface area (Å²) < 4.78 is 29.6. The fourth-order valence-electron chi connectivity index (χ4n) is 1.50. The number of rotatable bonds is 6. The minimum atomic E-state index is -3.56. The summed E-state index contributed by atoms with van der Waals surface area (Å²) in [4.78, 5) is 10.9. The van der Waals surface area contributed by atoms with E-state index in [1.165, 1.54) is 0 Å². The molecule has 0 fully saturated rings. The van der Waals surface area contributed by atoms with E-state index >= 15 is 0 Å². The van der Waals surface area contributed by atoms with E-state index in [-0.39, 0.29) is 12.6 Å². The molecule has 1 rings (SSSR count). The van der Waals surface area contributed by atoms with Crippen LogP contribution in [0.4, 0.5) is 5.69 Å². The van der Waals surface area contributed by atoms with Crippen molar-refractivity contribution in [1.29, 1.82) is 0 Å². The first kappa shape index (κ1) is 15.3. The van der Waals surface area contributed by atoms with Gasteiger partial charge >= 0.3 is 0 Å². The van der Waals surface area contributed by atoms with Crippen molar-refractivity contribution in [2.45, 2.75) is 20.0 Å². The number of nitrogens with zero attached hydrogens (tertiary/aromatic N) is 1. The average Bonchev–Trinajstić information content (AvgIpc) is 2.25. The first-order chi connectivity index (χ1) is 8.70. The number of sulfonamides is 1. The molecule has 0 aliphatic heterocycles. The molecule has 1 amide bonds. The summed E-state index contributed by atoms with van der Waals surface area (Å²) in [5, 5.41) is 0. The van der Waals surface area contributed by atoms with Gasteiger partial charge in [-0.3, -0.25) is 9.10 Å². The van der Waals surface area contributed by atoms with E-state index in [9.17, 15) is 13.2 Å². The van der Waals surface area contributed by atoms with Crippen LogP contribution in [0.5, 0.6) is 5.75 Å². The molecule has 0 saturated heterocycles. The number of carbonyl (C=O) groups excluding carboxylic acids is 1. The number of hydrogen-bond donors (Lipinski definition) is 1. The van der Waals surface area contributed by atoms with Crippen molar-refractivity contribution in [3.63, 3.8) is 0 Å². The molecule has 0 aliphatic rings. The van der Waals surface area contributed by atoms with E-state index in [2.05, 4.69) is 0 Å². The molecule has 2 N–H and O–H groups in total. The van der Waals surface area contributed by atoms with Gasteiger partial charge in [0.25, 0.3) is 0 Å². The molecule has 0 spiro atoms. The molecule has 0 saturated carbocycles. The van der Waals surface area contributed by atoms with Gasteiger partial charge < -0.3 is 10.5 Å². The summed E-state index contributed by atoms with van der Waals surface area (Å²) in [6, 6.07) is 6.44. The van der Waals surface area contributed by atoms with Crippen LogP contribution < -0.4 is 14.8 Å². The Kier molecular flexibility index (Phi) is 4.77. The zero-order valence-electron chi connectivity index (χ0n) is 11.2. The zero-order chi connectivity index (χ0) is 14.6. The number of hydrogen-bond acceptors (Lipinski definition) is 4. The van der Waals surface area contributed by atoms with E-state index < -0.39 is 15.9 Å². The van der Waals surface area contributed by atoms with E-state index in [0.717, 1.165) is 10.6 Å². The Labute approximate surface area is 113 Å². The Bertz CT molecular complexity index is 537. The number of anilines is 1. The van der Waals surface area contributed by atoms with Crippen LogP contribution >= 0.6 is 0 Å². The van der Waals surface area contributed by atoms with E-state index in [1.807, 2.05) is 13.8 Å². The Balaban J connectivity index is 3.01. The van der Waals surface area contributed by atoms with Crippen LogP contribution in [0.2, 0.25) is 0 Å². The van der Waals surface area contributed by atoms with Gasteiger partial charge in [-0.25, -0.2) is 8.42 Å². The van der Waals surface area contributed by atoms with Gasteiger partial charge in [-0.15, -0.1) is 0 Å². The van der Waals surface area contributed by atoms with Crippen LogP contribution in [-0.2, 0) is 14.8 Å². The molecular weight excluding hydrogens is 268 g/mol. The molecule has 1 aromatic rings. The van der Waals surface area contributed by atoms with Crippen molar-refractivity contribution < 1.29 is 17.9 Å². The standard InChI is InChI=1S/C12H18N2O4S/c1-9(2)18-11-6-4-10(5-7-11)14(8-12(13)15)19(3,16)17/h4-7,9H,8H2,1-3H3,(H2,13,15). The first-order valence-corrected chi connectivity index (χ1v) is 7.57. The maximum absolute atomic E-state index is 11.6. The van der Waals surface area contributed by atoms with E-state index in [1.54, 1.807) is 24.3 Å². The van der Waals surface area contributed by atoms with Crippen molar-refractivity contribution in [2.75, 3.05) is 17.1 Å². The lowest BCUT2D eigenvalue weighted by Crippen LogP contribution is -2.37. The van der Waals surface area contributed by atoms with Gasteiger partial charge in [0.1, 0.15) is 12.3 Å². The summed E-state index contributed by atoms with van der Waals surface area (Å²) in [6.07, 6.45) is 1.05. The molecule has 0 heterocycles. The Morgan fingerprint density at radius 2 is 1.84 bits per heavy atom. The van der Waals surface area contributed by atoms with E-state index in [0.29, 0.717) is 11.4 Å². The third-order valence-corrected chi connectivity index (χ3v) is 3.34. The minimum absolute atomic E-state index is 0.0301. The van der Waals surface area contributed by atoms with Gasteiger partial charge in [0.2, 0.25) is 15.9 Å². The van der Waals surface area contributed by atoms with Crippen LogP contribution in [0.25, 0.3) is 0 Å². The second-order valence-electron chi connectivity index (χ2n) is 4.40. The maximum atomic E-state index is 11.6. The molecule has 0 aromatic heterocycles. The fraction of sp³-hybridized carbons (Fsp3) is 0.417. The molecular formula is C12H18N2O4S. The normalized spacial score (nSPS) is 11.4. The van der Waals surface area contributed by atoms with Crippen molar-refractivity contribution in [1.82, 2.24) is 0 Å². The van der Waals surface area contributed by atoms with Crippen LogP contribution in [0, 0.1) is 0 Å². The number of carbonyl (C=O) groups is 1. The highest BCUT2D eigenvalue weighted by Gasteiger charge is 2.19. The van der Waals surface area contributed by atoms with Crippen LogP contribution in [0.15, 0.2) is 24.3 Å². The molecule has 19 heavy (non-hydrogen) atoms. The molecule has 6 nitrogen and oxygen atoms in total. The molecule has 1 aromatic carbocycles. The summed E-state index contributed by atoms with van der Waals surface area (Å²) >= 11 is 0. The molecule has 0 bridgehead atoms. The fourth-order valence-corrected chi connectivity index (χ4v) is 2.37. The monoisotopic (exact) mass is 286 g/mol. The third-order valence-electron chi connectivity index (χ3n) is 2.20.